The van der Waals surface area contributed by atoms with E-state index in [4.69, 9.17) is 5.73 Å². The first-order valence-corrected chi connectivity index (χ1v) is 9.18. The number of anilines is 1. The molecule has 0 aliphatic rings. The summed E-state index contributed by atoms with van der Waals surface area (Å²) >= 11 is 1.17. The number of ketones is 1. The lowest BCUT2D eigenvalue weighted by atomic mass is 10.0. The summed E-state index contributed by atoms with van der Waals surface area (Å²) in [6.45, 7) is 0. The van der Waals surface area contributed by atoms with Gasteiger partial charge in [0, 0.05) is 28.7 Å². The van der Waals surface area contributed by atoms with Gasteiger partial charge in [-0.2, -0.15) is 0 Å². The van der Waals surface area contributed by atoms with E-state index in [1.165, 1.54) is 17.8 Å². The number of carbonyl (C=O) groups excluding carboxylic acids is 1. The maximum absolute atomic E-state index is 13.4. The summed E-state index contributed by atoms with van der Waals surface area (Å²) in [6.07, 6.45) is 1.72. The third-order valence-electron chi connectivity index (χ3n) is 4.16. The van der Waals surface area contributed by atoms with Gasteiger partial charge in [-0.05, 0) is 11.6 Å². The monoisotopic (exact) mass is 376 g/mol. The van der Waals surface area contributed by atoms with Gasteiger partial charge in [0.2, 0.25) is 0 Å². The summed E-state index contributed by atoms with van der Waals surface area (Å²) < 4.78 is 0. The number of hydrogen-bond acceptors (Lipinski definition) is 5. The molecule has 0 aliphatic heterocycles. The van der Waals surface area contributed by atoms with Gasteiger partial charge in [-0.15, -0.1) is 0 Å². The predicted octanol–water partition coefficient (Wildman–Crippen LogP) is 3.55. The number of nitrogen functional groups attached to an aromatic ring is 1. The van der Waals surface area contributed by atoms with Crippen LogP contribution in [-0.4, -0.2) is 20.7 Å². The molecule has 0 saturated heterocycles. The Morgan fingerprint density at radius 1 is 1.07 bits per heavy atom. The van der Waals surface area contributed by atoms with Gasteiger partial charge >= 0.3 is 0 Å². The second kappa shape index (κ2) is 7.13. The number of aromatic nitrogens is 3. The van der Waals surface area contributed by atoms with Crippen LogP contribution in [0.25, 0.3) is 10.9 Å². The molecule has 7 heteroatoms. The Morgan fingerprint density at radius 3 is 2.59 bits per heavy atom. The highest BCUT2D eigenvalue weighted by Gasteiger charge is 2.26. The van der Waals surface area contributed by atoms with E-state index < -0.39 is 5.25 Å². The summed E-state index contributed by atoms with van der Waals surface area (Å²) in [5.74, 6) is 0.0429. The van der Waals surface area contributed by atoms with Gasteiger partial charge in [-0.25, -0.2) is 4.98 Å². The third-order valence-corrected chi connectivity index (χ3v) is 5.30. The molecule has 6 nitrogen and oxygen atoms in total. The van der Waals surface area contributed by atoms with Crippen LogP contribution in [0.15, 0.2) is 76.8 Å². The minimum Gasteiger partial charge on any atom is -0.383 e. The molecule has 2 heterocycles. The molecule has 134 valence electrons. The zero-order chi connectivity index (χ0) is 18.8. The summed E-state index contributed by atoms with van der Waals surface area (Å²) in [4.78, 5) is 35.1. The zero-order valence-electron chi connectivity index (χ0n) is 14.2. The Hall–Kier alpha value is -3.32. The first-order valence-electron chi connectivity index (χ1n) is 8.30. The van der Waals surface area contributed by atoms with Crippen molar-refractivity contribution in [3.8, 4) is 0 Å². The van der Waals surface area contributed by atoms with Crippen molar-refractivity contribution in [2.24, 2.45) is 0 Å². The molecule has 2 aromatic carbocycles. The second-order valence-electron chi connectivity index (χ2n) is 6.00. The maximum Gasteiger partial charge on any atom is 0.253 e. The van der Waals surface area contributed by atoms with Crippen molar-refractivity contribution in [2.45, 2.75) is 10.4 Å². The third kappa shape index (κ3) is 3.50. The number of H-pyrrole nitrogens is 2. The average Bonchev–Trinajstić information content (AvgIpc) is 3.10. The lowest BCUT2D eigenvalue weighted by molar-refractivity contribution is 0.0991. The highest BCUT2D eigenvalue weighted by atomic mass is 32.2. The van der Waals surface area contributed by atoms with E-state index in [-0.39, 0.29) is 17.2 Å². The van der Waals surface area contributed by atoms with E-state index in [1.54, 1.807) is 6.20 Å². The predicted molar refractivity (Wildman–Crippen MR) is 107 cm³/mol. The molecule has 0 aliphatic carbocycles. The summed E-state index contributed by atoms with van der Waals surface area (Å²) in [7, 11) is 0. The number of benzene rings is 2. The number of nitrogens with two attached hydrogens (primary N) is 1. The highest BCUT2D eigenvalue weighted by molar-refractivity contribution is 8.00. The van der Waals surface area contributed by atoms with Gasteiger partial charge in [-0.1, -0.05) is 60.3 Å². The minimum absolute atomic E-state index is 0.0753. The summed E-state index contributed by atoms with van der Waals surface area (Å²) in [5, 5.41) is 0.593. The van der Waals surface area contributed by atoms with Crippen LogP contribution in [0.5, 0.6) is 0 Å². The summed E-state index contributed by atoms with van der Waals surface area (Å²) in [6, 6.07) is 18.3. The van der Waals surface area contributed by atoms with Crippen LogP contribution < -0.4 is 11.3 Å². The van der Waals surface area contributed by atoms with Crippen LogP contribution in [0.3, 0.4) is 0 Å². The van der Waals surface area contributed by atoms with Crippen molar-refractivity contribution in [1.29, 1.82) is 0 Å². The van der Waals surface area contributed by atoms with E-state index in [0.29, 0.717) is 10.7 Å². The highest BCUT2D eigenvalue weighted by Crippen LogP contribution is 2.37. The van der Waals surface area contributed by atoms with E-state index in [0.717, 1.165) is 16.5 Å². The van der Waals surface area contributed by atoms with E-state index in [2.05, 4.69) is 15.0 Å². The zero-order valence-corrected chi connectivity index (χ0v) is 15.0. The van der Waals surface area contributed by atoms with E-state index in [1.807, 2.05) is 54.6 Å². The SMILES string of the molecule is Nc1cc(=O)[nH]c(S[C@H](C(=O)c2c[nH]c3ccccc23)c2ccccc2)n1. The van der Waals surface area contributed by atoms with E-state index in [9.17, 15) is 9.59 Å². The van der Waals surface area contributed by atoms with Crippen molar-refractivity contribution in [3.63, 3.8) is 0 Å². The van der Waals surface area contributed by atoms with Crippen molar-refractivity contribution < 1.29 is 4.79 Å². The molecule has 0 saturated carbocycles. The number of para-hydroxylation sites is 1. The van der Waals surface area contributed by atoms with Crippen molar-refractivity contribution in [1.82, 2.24) is 15.0 Å². The molecule has 27 heavy (non-hydrogen) atoms. The van der Waals surface area contributed by atoms with Crippen LogP contribution in [0.1, 0.15) is 21.2 Å². The van der Waals surface area contributed by atoms with Gasteiger partial charge < -0.3 is 15.7 Å². The molecule has 4 rings (SSSR count). The molecule has 4 N–H and O–H groups in total. The number of rotatable bonds is 5. The van der Waals surface area contributed by atoms with Crippen molar-refractivity contribution in [3.05, 3.63) is 88.3 Å². The van der Waals surface area contributed by atoms with Gasteiger partial charge in [0.1, 0.15) is 11.1 Å². The fourth-order valence-corrected chi connectivity index (χ4v) is 4.01. The number of Topliss-reactive ketones (excluding diaryl/α,β-unsaturated/α-hetero) is 1. The number of thioether (sulfide) groups is 1. The molecule has 0 bridgehead atoms. The number of hydrogen-bond donors (Lipinski definition) is 3. The van der Waals surface area contributed by atoms with Crippen LogP contribution in [-0.2, 0) is 0 Å². The van der Waals surface area contributed by atoms with Crippen molar-refractivity contribution in [2.75, 3.05) is 5.73 Å². The molecule has 1 atom stereocenters. The smallest absolute Gasteiger partial charge is 0.253 e. The molecule has 0 amide bonds. The molecular weight excluding hydrogens is 360 g/mol. The lowest BCUT2D eigenvalue weighted by Gasteiger charge is -2.15. The topological polar surface area (TPSA) is 105 Å². The Balaban J connectivity index is 1.78. The molecule has 0 fully saturated rings. The number of aromatic amines is 2. The Bertz CT molecular complexity index is 1170. The first-order chi connectivity index (χ1) is 13.1. The molecule has 0 radical (unpaired) electrons. The van der Waals surface area contributed by atoms with Crippen LogP contribution in [0.4, 0.5) is 5.82 Å². The Labute approximate surface area is 158 Å². The van der Waals surface area contributed by atoms with Crippen LogP contribution in [0.2, 0.25) is 0 Å². The van der Waals surface area contributed by atoms with Gasteiger partial charge in [0.15, 0.2) is 10.9 Å². The fourth-order valence-electron chi connectivity index (χ4n) is 2.94. The average molecular weight is 376 g/mol. The largest absolute Gasteiger partial charge is 0.383 e. The molecular formula is C20H16N4O2S. The number of nitrogens with one attached hydrogen (secondary N) is 2. The second-order valence-corrected chi connectivity index (χ2v) is 7.09. The number of carbonyl (C=O) groups is 1. The molecule has 0 spiro atoms. The van der Waals surface area contributed by atoms with Crippen molar-refractivity contribution >= 4 is 34.3 Å². The van der Waals surface area contributed by atoms with Crippen LogP contribution in [0, 0.1) is 0 Å². The molecule has 0 unspecified atom stereocenters. The van der Waals surface area contributed by atoms with Crippen LogP contribution >= 0.6 is 11.8 Å². The normalized spacial score (nSPS) is 12.1. The summed E-state index contributed by atoms with van der Waals surface area (Å²) in [5.41, 5.74) is 7.65. The Morgan fingerprint density at radius 2 is 1.81 bits per heavy atom. The fraction of sp³-hybridized carbons (Fsp3) is 0.0500. The molecule has 4 aromatic rings. The maximum atomic E-state index is 13.4. The first kappa shape index (κ1) is 17.1. The van der Waals surface area contributed by atoms with Gasteiger partial charge in [0.05, 0.1) is 0 Å². The quantitative estimate of drug-likeness (QED) is 0.281. The van der Waals surface area contributed by atoms with Gasteiger partial charge in [-0.3, -0.25) is 9.59 Å². The minimum atomic E-state index is -0.574. The van der Waals surface area contributed by atoms with Gasteiger partial charge in [0.25, 0.3) is 5.56 Å². The number of fused-ring (bicyclic) bond motifs is 1. The number of nitrogens with zero attached hydrogens (tertiary/aromatic N) is 1. The molecule has 2 aromatic heterocycles. The lowest BCUT2D eigenvalue weighted by Crippen LogP contribution is -2.13. The Kier molecular flexibility index (Phi) is 4.52. The van der Waals surface area contributed by atoms with E-state index >= 15 is 0 Å². The standard InChI is InChI=1S/C20H16N4O2S/c21-16-10-17(25)24-20(23-16)27-19(12-6-2-1-3-7-12)18(26)14-11-22-15-9-5-4-8-13(14)15/h1-11,19,22H,(H3,21,23,24,25)/t19-/m0/s1.